The molecule has 0 aliphatic carbocycles. The van der Waals surface area contributed by atoms with Gasteiger partial charge in [-0.25, -0.2) is 4.98 Å². The Hall–Kier alpha value is 0.300. The fourth-order valence-corrected chi connectivity index (χ4v) is 4.05. The minimum atomic E-state index is -4.41. The monoisotopic (exact) mass is 402 g/mol. The van der Waals surface area contributed by atoms with Crippen LogP contribution < -0.4 is 34.5 Å². The number of aliphatic hydroxyl groups is 1. The van der Waals surface area contributed by atoms with Gasteiger partial charge in [0.2, 0.25) is 0 Å². The van der Waals surface area contributed by atoms with Crippen LogP contribution in [0.2, 0.25) is 10.0 Å². The molecule has 12 heteroatoms. The molecule has 4 rings (SSSR count). The normalized spacial score (nSPS) is 35.7. The van der Waals surface area contributed by atoms with Crippen molar-refractivity contribution in [2.45, 2.75) is 24.5 Å². The van der Waals surface area contributed by atoms with Gasteiger partial charge < -0.3 is 28.4 Å². The van der Waals surface area contributed by atoms with Gasteiger partial charge in [-0.3, -0.25) is 4.57 Å². The van der Waals surface area contributed by atoms with E-state index in [0.717, 1.165) is 0 Å². The average molecular weight is 403 g/mol. The van der Waals surface area contributed by atoms with E-state index < -0.39 is 32.4 Å². The first-order chi connectivity index (χ1) is 10.9. The molecule has 5 atom stereocenters. The molecule has 1 aromatic carbocycles. The number of hydrogen-bond donors (Lipinski definition) is 1. The standard InChI is InChI=1S/C12H11Cl2N2O6P.Na/c13-5-1-7-8(2-6(5)14)16(4-15-7)12-10(17)11-9(21-12)3-20-23(18,19)22-11;/h1-2,4,9-12,17H,3H2,(H,18,19);/q;+1/p-1/t9?,10-,11?,12?;/m0./s1. The van der Waals surface area contributed by atoms with E-state index in [1.807, 2.05) is 0 Å². The third kappa shape index (κ3) is 3.19. The Balaban J connectivity index is 0.00000169. The Bertz CT molecular complexity index is 835. The molecule has 24 heavy (non-hydrogen) atoms. The van der Waals surface area contributed by atoms with Gasteiger partial charge in [0.05, 0.1) is 34.0 Å². The van der Waals surface area contributed by atoms with Crippen molar-refractivity contribution in [3.63, 3.8) is 0 Å². The molecule has 2 fully saturated rings. The van der Waals surface area contributed by atoms with Crippen LogP contribution in [0.25, 0.3) is 11.0 Å². The maximum Gasteiger partial charge on any atom is 1.00 e. The van der Waals surface area contributed by atoms with Gasteiger partial charge in [-0.15, -0.1) is 0 Å². The van der Waals surface area contributed by atoms with Gasteiger partial charge in [0.1, 0.15) is 18.3 Å². The number of aliphatic hydroxyl groups excluding tert-OH is 1. The molecule has 0 amide bonds. The predicted molar refractivity (Wildman–Crippen MR) is 78.1 cm³/mol. The number of fused-ring (bicyclic) bond motifs is 2. The average Bonchev–Trinajstić information content (AvgIpc) is 3.01. The summed E-state index contributed by atoms with van der Waals surface area (Å²) in [6.45, 7) is -0.210. The zero-order valence-corrected chi connectivity index (χ0v) is 16.7. The number of rotatable bonds is 1. The molecule has 2 aliphatic heterocycles. The Morgan fingerprint density at radius 1 is 1.38 bits per heavy atom. The van der Waals surface area contributed by atoms with Crippen molar-refractivity contribution < 1.29 is 57.9 Å². The van der Waals surface area contributed by atoms with Gasteiger partial charge in [0.15, 0.2) is 6.23 Å². The Kier molecular flexibility index (Phi) is 5.40. The summed E-state index contributed by atoms with van der Waals surface area (Å²) in [6, 6.07) is 3.19. The molecule has 1 aromatic heterocycles. The molecule has 0 bridgehead atoms. The molecular formula is C12H10Cl2N2NaO6P. The van der Waals surface area contributed by atoms with E-state index in [1.165, 1.54) is 6.33 Å². The maximum atomic E-state index is 11.4. The molecule has 4 unspecified atom stereocenters. The SMILES string of the molecule is O=P1([O-])OCC2OC(n3cnc4cc(Cl)c(Cl)cc43)[C@@H](O)C2O1.[Na+]. The van der Waals surface area contributed by atoms with Crippen LogP contribution in [-0.2, 0) is 18.3 Å². The van der Waals surface area contributed by atoms with Crippen LogP contribution in [0.3, 0.4) is 0 Å². The molecule has 0 spiro atoms. The van der Waals surface area contributed by atoms with Gasteiger partial charge in [0.25, 0.3) is 7.82 Å². The fourth-order valence-electron chi connectivity index (χ4n) is 2.78. The van der Waals surface area contributed by atoms with Gasteiger partial charge in [-0.1, -0.05) is 23.2 Å². The first kappa shape index (κ1) is 19.1. The molecule has 0 saturated carbocycles. The fraction of sp³-hybridized carbons (Fsp3) is 0.417. The topological polar surface area (TPSA) is 106 Å². The Labute approximate surface area is 168 Å². The molecule has 2 saturated heterocycles. The molecule has 3 heterocycles. The number of imidazole rings is 1. The summed E-state index contributed by atoms with van der Waals surface area (Å²) < 4.78 is 28.0. The minimum Gasteiger partial charge on any atom is -0.756 e. The zero-order valence-electron chi connectivity index (χ0n) is 12.3. The zero-order chi connectivity index (χ0) is 16.4. The van der Waals surface area contributed by atoms with E-state index >= 15 is 0 Å². The van der Waals surface area contributed by atoms with Gasteiger partial charge >= 0.3 is 29.6 Å². The summed E-state index contributed by atoms with van der Waals surface area (Å²) in [5.74, 6) is 0. The molecule has 1 N–H and O–H groups in total. The van der Waals surface area contributed by atoms with E-state index in [-0.39, 0.29) is 36.2 Å². The smallest absolute Gasteiger partial charge is 0.756 e. The van der Waals surface area contributed by atoms with Crippen molar-refractivity contribution in [2.75, 3.05) is 6.61 Å². The van der Waals surface area contributed by atoms with E-state index in [2.05, 4.69) is 9.51 Å². The van der Waals surface area contributed by atoms with E-state index in [1.54, 1.807) is 16.7 Å². The number of phosphoric acid groups is 1. The van der Waals surface area contributed by atoms with Gasteiger partial charge in [0, 0.05) is 0 Å². The number of aromatic nitrogens is 2. The van der Waals surface area contributed by atoms with Gasteiger partial charge in [-0.05, 0) is 12.1 Å². The summed E-state index contributed by atoms with van der Waals surface area (Å²) in [7, 11) is -4.41. The van der Waals surface area contributed by atoms with Crippen molar-refractivity contribution in [1.82, 2.24) is 9.55 Å². The molecule has 0 radical (unpaired) electrons. The largest absolute Gasteiger partial charge is 1.00 e. The molecule has 2 aliphatic rings. The van der Waals surface area contributed by atoms with Crippen molar-refractivity contribution in [1.29, 1.82) is 0 Å². The van der Waals surface area contributed by atoms with Crippen molar-refractivity contribution >= 4 is 42.1 Å². The molecule has 2 aromatic rings. The summed E-state index contributed by atoms with van der Waals surface area (Å²) in [5.41, 5.74) is 1.16. The first-order valence-electron chi connectivity index (χ1n) is 6.65. The van der Waals surface area contributed by atoms with Crippen LogP contribution in [0.5, 0.6) is 0 Å². The van der Waals surface area contributed by atoms with Crippen LogP contribution in [0.1, 0.15) is 6.23 Å². The first-order valence-corrected chi connectivity index (χ1v) is 8.86. The number of halogens is 2. The Morgan fingerprint density at radius 3 is 2.83 bits per heavy atom. The third-order valence-corrected chi connectivity index (χ3v) is 5.54. The Morgan fingerprint density at radius 2 is 2.08 bits per heavy atom. The second kappa shape index (κ2) is 6.79. The van der Waals surface area contributed by atoms with E-state index in [9.17, 15) is 14.6 Å². The molecule has 8 nitrogen and oxygen atoms in total. The van der Waals surface area contributed by atoms with Crippen LogP contribution in [-0.4, -0.2) is 39.6 Å². The summed E-state index contributed by atoms with van der Waals surface area (Å²) in [5, 5.41) is 11.1. The summed E-state index contributed by atoms with van der Waals surface area (Å²) in [4.78, 5) is 15.6. The van der Waals surface area contributed by atoms with Crippen LogP contribution >= 0.6 is 31.0 Å². The van der Waals surface area contributed by atoms with Crippen molar-refractivity contribution in [3.8, 4) is 0 Å². The van der Waals surface area contributed by atoms with Crippen LogP contribution in [0, 0.1) is 0 Å². The van der Waals surface area contributed by atoms with Crippen LogP contribution in [0.15, 0.2) is 18.5 Å². The number of ether oxygens (including phenoxy) is 1. The second-order valence-electron chi connectivity index (χ2n) is 5.28. The third-order valence-electron chi connectivity index (χ3n) is 3.85. The van der Waals surface area contributed by atoms with Crippen molar-refractivity contribution in [3.05, 3.63) is 28.5 Å². The quantitative estimate of drug-likeness (QED) is 0.456. The van der Waals surface area contributed by atoms with Crippen molar-refractivity contribution in [2.24, 2.45) is 0 Å². The van der Waals surface area contributed by atoms with E-state index in [0.29, 0.717) is 21.1 Å². The predicted octanol–water partition coefficient (Wildman–Crippen LogP) is -1.51. The van der Waals surface area contributed by atoms with Crippen LogP contribution in [0.4, 0.5) is 0 Å². The number of nitrogens with zero attached hydrogens (tertiary/aromatic N) is 2. The molecule has 124 valence electrons. The van der Waals surface area contributed by atoms with E-state index in [4.69, 9.17) is 32.5 Å². The minimum absolute atomic E-state index is 0. The summed E-state index contributed by atoms with van der Waals surface area (Å²) >= 11 is 12.0. The molecular weight excluding hydrogens is 393 g/mol. The summed E-state index contributed by atoms with van der Waals surface area (Å²) in [6.07, 6.45) is -2.37. The number of benzene rings is 1. The number of hydrogen-bond acceptors (Lipinski definition) is 7. The van der Waals surface area contributed by atoms with Gasteiger partial charge in [-0.2, -0.15) is 0 Å². The number of phosphoric ester groups is 1. The maximum absolute atomic E-state index is 11.4. The second-order valence-corrected chi connectivity index (χ2v) is 7.45.